The van der Waals surface area contributed by atoms with Gasteiger partial charge in [0, 0.05) is 28.7 Å². The molecule has 0 aliphatic heterocycles. The molecule has 27 heavy (non-hydrogen) atoms. The van der Waals surface area contributed by atoms with Crippen LogP contribution in [0.1, 0.15) is 10.4 Å². The number of benzene rings is 2. The van der Waals surface area contributed by atoms with Crippen LogP contribution in [0.5, 0.6) is 0 Å². The molecule has 0 unspecified atom stereocenters. The molecule has 0 saturated heterocycles. The van der Waals surface area contributed by atoms with Gasteiger partial charge in [-0.2, -0.15) is 0 Å². The molecule has 0 aliphatic carbocycles. The molecule has 0 atom stereocenters. The number of thioether (sulfide) groups is 1. The molecule has 1 heterocycles. The summed E-state index contributed by atoms with van der Waals surface area (Å²) in [6.45, 7) is 0. The van der Waals surface area contributed by atoms with Crippen molar-refractivity contribution in [2.45, 2.75) is 4.90 Å². The summed E-state index contributed by atoms with van der Waals surface area (Å²) in [6, 6.07) is 16.3. The molecule has 0 saturated carbocycles. The molecule has 0 bridgehead atoms. The van der Waals surface area contributed by atoms with Gasteiger partial charge < -0.3 is 10.6 Å². The first-order valence-corrected chi connectivity index (χ1v) is 9.09. The SMILES string of the molecule is O=C(CSc1cccc(NC(=O)c2ccccc2F)c1)Nc1ccncc1. The summed E-state index contributed by atoms with van der Waals surface area (Å²) in [5, 5.41) is 5.44. The van der Waals surface area contributed by atoms with Gasteiger partial charge in [0.15, 0.2) is 0 Å². The van der Waals surface area contributed by atoms with Gasteiger partial charge in [0.2, 0.25) is 5.91 Å². The zero-order valence-electron chi connectivity index (χ0n) is 14.2. The Morgan fingerprint density at radius 3 is 2.48 bits per heavy atom. The van der Waals surface area contributed by atoms with Gasteiger partial charge in [-0.05, 0) is 42.5 Å². The van der Waals surface area contributed by atoms with E-state index in [9.17, 15) is 14.0 Å². The lowest BCUT2D eigenvalue weighted by Gasteiger charge is -2.08. The number of pyridine rings is 1. The van der Waals surface area contributed by atoms with Crippen molar-refractivity contribution in [3.05, 3.63) is 84.4 Å². The Morgan fingerprint density at radius 1 is 0.926 bits per heavy atom. The Balaban J connectivity index is 1.58. The zero-order chi connectivity index (χ0) is 19.1. The van der Waals surface area contributed by atoms with Crippen molar-refractivity contribution in [3.8, 4) is 0 Å². The van der Waals surface area contributed by atoms with Gasteiger partial charge in [0.1, 0.15) is 5.82 Å². The fourth-order valence-corrected chi connectivity index (χ4v) is 3.04. The van der Waals surface area contributed by atoms with E-state index < -0.39 is 11.7 Å². The molecule has 3 aromatic rings. The van der Waals surface area contributed by atoms with Crippen LogP contribution in [-0.2, 0) is 4.79 Å². The van der Waals surface area contributed by atoms with Crippen LogP contribution in [0.4, 0.5) is 15.8 Å². The molecule has 3 rings (SSSR count). The predicted molar refractivity (Wildman–Crippen MR) is 104 cm³/mol. The van der Waals surface area contributed by atoms with E-state index in [0.29, 0.717) is 11.4 Å². The molecule has 0 spiro atoms. The van der Waals surface area contributed by atoms with E-state index >= 15 is 0 Å². The number of halogens is 1. The number of hydrogen-bond donors (Lipinski definition) is 2. The van der Waals surface area contributed by atoms with Crippen molar-refractivity contribution in [2.24, 2.45) is 0 Å². The lowest BCUT2D eigenvalue weighted by atomic mass is 10.2. The Hall–Kier alpha value is -3.19. The second-order valence-corrected chi connectivity index (χ2v) is 6.58. The largest absolute Gasteiger partial charge is 0.325 e. The van der Waals surface area contributed by atoms with Crippen molar-refractivity contribution in [2.75, 3.05) is 16.4 Å². The fourth-order valence-electron chi connectivity index (χ4n) is 2.29. The number of carbonyl (C=O) groups excluding carboxylic acids is 2. The van der Waals surface area contributed by atoms with E-state index in [2.05, 4.69) is 15.6 Å². The molecule has 2 amide bonds. The van der Waals surface area contributed by atoms with E-state index in [-0.39, 0.29) is 17.2 Å². The summed E-state index contributed by atoms with van der Waals surface area (Å²) in [6.07, 6.45) is 3.20. The van der Waals surface area contributed by atoms with Crippen molar-refractivity contribution < 1.29 is 14.0 Å². The standard InChI is InChI=1S/C20H16FN3O2S/c21-18-7-2-1-6-17(18)20(26)24-15-4-3-5-16(12-15)27-13-19(25)23-14-8-10-22-11-9-14/h1-12H,13H2,(H,24,26)(H,22,23,25). The first-order valence-electron chi connectivity index (χ1n) is 8.10. The van der Waals surface area contributed by atoms with E-state index in [1.807, 2.05) is 6.07 Å². The predicted octanol–water partition coefficient (Wildman–Crippen LogP) is 4.20. The summed E-state index contributed by atoms with van der Waals surface area (Å²) in [7, 11) is 0. The molecular formula is C20H16FN3O2S. The molecule has 0 aliphatic rings. The normalized spacial score (nSPS) is 10.3. The van der Waals surface area contributed by atoms with Crippen LogP contribution >= 0.6 is 11.8 Å². The third-order valence-corrected chi connectivity index (χ3v) is 4.54. The second kappa shape index (κ2) is 8.95. The summed E-state index contributed by atoms with van der Waals surface area (Å²) >= 11 is 1.33. The lowest BCUT2D eigenvalue weighted by Crippen LogP contribution is -2.14. The van der Waals surface area contributed by atoms with E-state index in [4.69, 9.17) is 0 Å². The molecule has 0 radical (unpaired) electrons. The molecule has 1 aromatic heterocycles. The lowest BCUT2D eigenvalue weighted by molar-refractivity contribution is -0.113. The number of hydrogen-bond acceptors (Lipinski definition) is 4. The first-order chi connectivity index (χ1) is 13.1. The monoisotopic (exact) mass is 381 g/mol. The number of carbonyl (C=O) groups is 2. The third-order valence-electron chi connectivity index (χ3n) is 3.54. The number of amides is 2. The Labute approximate surface area is 160 Å². The van der Waals surface area contributed by atoms with Gasteiger partial charge in [-0.25, -0.2) is 4.39 Å². The van der Waals surface area contributed by atoms with Crippen LogP contribution in [-0.4, -0.2) is 22.6 Å². The summed E-state index contributed by atoms with van der Waals surface area (Å²) < 4.78 is 13.7. The van der Waals surface area contributed by atoms with Crippen molar-refractivity contribution in [1.29, 1.82) is 0 Å². The van der Waals surface area contributed by atoms with Crippen LogP contribution in [0.3, 0.4) is 0 Å². The first kappa shape index (κ1) is 18.6. The summed E-state index contributed by atoms with van der Waals surface area (Å²) in [5.41, 5.74) is 1.19. The second-order valence-electron chi connectivity index (χ2n) is 5.53. The topological polar surface area (TPSA) is 71.1 Å². The van der Waals surface area contributed by atoms with Gasteiger partial charge in [0.05, 0.1) is 11.3 Å². The zero-order valence-corrected chi connectivity index (χ0v) is 15.0. The molecule has 2 aromatic carbocycles. The van der Waals surface area contributed by atoms with Crippen molar-refractivity contribution >= 4 is 35.0 Å². The number of nitrogens with one attached hydrogen (secondary N) is 2. The number of rotatable bonds is 6. The maximum atomic E-state index is 13.7. The van der Waals surface area contributed by atoms with E-state index in [1.54, 1.807) is 48.8 Å². The quantitative estimate of drug-likeness (QED) is 0.628. The maximum absolute atomic E-state index is 13.7. The Kier molecular flexibility index (Phi) is 6.17. The molecule has 2 N–H and O–H groups in total. The van der Waals surface area contributed by atoms with Crippen LogP contribution in [0.15, 0.2) is 78.0 Å². The minimum Gasteiger partial charge on any atom is -0.325 e. The van der Waals surface area contributed by atoms with Gasteiger partial charge in [0.25, 0.3) is 5.91 Å². The Bertz CT molecular complexity index is 951. The molecule has 7 heteroatoms. The smallest absolute Gasteiger partial charge is 0.258 e. The highest BCUT2D eigenvalue weighted by molar-refractivity contribution is 8.00. The maximum Gasteiger partial charge on any atom is 0.258 e. The van der Waals surface area contributed by atoms with Crippen LogP contribution in [0.2, 0.25) is 0 Å². The molecule has 136 valence electrons. The van der Waals surface area contributed by atoms with E-state index in [0.717, 1.165) is 4.90 Å². The number of aromatic nitrogens is 1. The molecule has 5 nitrogen and oxygen atoms in total. The van der Waals surface area contributed by atoms with Crippen LogP contribution < -0.4 is 10.6 Å². The van der Waals surface area contributed by atoms with Gasteiger partial charge in [-0.1, -0.05) is 18.2 Å². The summed E-state index contributed by atoms with van der Waals surface area (Å²) in [5.74, 6) is -1.03. The molecular weight excluding hydrogens is 365 g/mol. The minimum absolute atomic E-state index is 0.0210. The average Bonchev–Trinajstić information content (AvgIpc) is 2.68. The van der Waals surface area contributed by atoms with Gasteiger partial charge >= 0.3 is 0 Å². The van der Waals surface area contributed by atoms with Crippen molar-refractivity contribution in [1.82, 2.24) is 4.98 Å². The van der Waals surface area contributed by atoms with E-state index in [1.165, 1.54) is 30.0 Å². The highest BCUT2D eigenvalue weighted by atomic mass is 32.2. The van der Waals surface area contributed by atoms with Gasteiger partial charge in [-0.3, -0.25) is 14.6 Å². The molecule has 0 fully saturated rings. The third kappa shape index (κ3) is 5.39. The van der Waals surface area contributed by atoms with Crippen LogP contribution in [0, 0.1) is 5.82 Å². The number of anilines is 2. The summed E-state index contributed by atoms with van der Waals surface area (Å²) in [4.78, 5) is 28.9. The minimum atomic E-state index is -0.576. The van der Waals surface area contributed by atoms with Gasteiger partial charge in [-0.15, -0.1) is 11.8 Å². The van der Waals surface area contributed by atoms with Crippen molar-refractivity contribution in [3.63, 3.8) is 0 Å². The number of nitrogens with zero attached hydrogens (tertiary/aromatic N) is 1. The average molecular weight is 381 g/mol. The highest BCUT2D eigenvalue weighted by Crippen LogP contribution is 2.22. The van der Waals surface area contributed by atoms with Crippen LogP contribution in [0.25, 0.3) is 0 Å². The fraction of sp³-hybridized carbons (Fsp3) is 0.0500. The highest BCUT2D eigenvalue weighted by Gasteiger charge is 2.11. The Morgan fingerprint density at radius 2 is 1.70 bits per heavy atom.